The lowest BCUT2D eigenvalue weighted by molar-refractivity contribution is 0.0104. The van der Waals surface area contributed by atoms with Crippen molar-refractivity contribution >= 4 is 5.78 Å². The van der Waals surface area contributed by atoms with Gasteiger partial charge in [-0.2, -0.15) is 0 Å². The van der Waals surface area contributed by atoms with E-state index in [-0.39, 0.29) is 23.9 Å². The van der Waals surface area contributed by atoms with Gasteiger partial charge in [-0.25, -0.2) is 8.78 Å². The van der Waals surface area contributed by atoms with Crippen LogP contribution in [-0.2, 0) is 4.74 Å². The molecule has 1 aromatic carbocycles. The molecule has 1 heterocycles. The molecule has 0 amide bonds. The molecule has 4 heteroatoms. The van der Waals surface area contributed by atoms with Gasteiger partial charge in [-0.15, -0.1) is 0 Å². The Hall–Kier alpha value is -1.29. The van der Waals surface area contributed by atoms with E-state index in [9.17, 15) is 13.6 Å². The largest absolute Gasteiger partial charge is 0.378 e. The fourth-order valence-electron chi connectivity index (χ4n) is 2.18. The van der Waals surface area contributed by atoms with E-state index in [4.69, 9.17) is 4.74 Å². The molecule has 2 rings (SSSR count). The average Bonchev–Trinajstić information content (AvgIpc) is 2.37. The molecule has 1 aliphatic heterocycles. The average molecular weight is 254 g/mol. The molecular weight excluding hydrogens is 238 g/mol. The van der Waals surface area contributed by atoms with Crippen LogP contribution in [-0.4, -0.2) is 18.5 Å². The van der Waals surface area contributed by atoms with Gasteiger partial charge >= 0.3 is 0 Å². The Morgan fingerprint density at radius 3 is 2.83 bits per heavy atom. The van der Waals surface area contributed by atoms with Crippen LogP contribution in [0.5, 0.6) is 0 Å². The summed E-state index contributed by atoms with van der Waals surface area (Å²) in [4.78, 5) is 11.8. The minimum atomic E-state index is -0.787. The van der Waals surface area contributed by atoms with Gasteiger partial charge in [0.2, 0.25) is 0 Å². The lowest BCUT2D eigenvalue weighted by Gasteiger charge is -2.22. The number of carbonyl (C=O) groups excluding carboxylic acids is 1. The lowest BCUT2D eigenvalue weighted by atomic mass is 10.00. The first-order valence-corrected chi connectivity index (χ1v) is 6.26. The van der Waals surface area contributed by atoms with E-state index >= 15 is 0 Å². The summed E-state index contributed by atoms with van der Waals surface area (Å²) in [6, 6.07) is 3.05. The highest BCUT2D eigenvalue weighted by molar-refractivity contribution is 5.96. The number of hydrogen-bond donors (Lipinski definition) is 0. The van der Waals surface area contributed by atoms with Crippen LogP contribution in [0.15, 0.2) is 18.2 Å². The first-order valence-electron chi connectivity index (χ1n) is 6.26. The number of carbonyl (C=O) groups is 1. The predicted octanol–water partition coefficient (Wildman–Crippen LogP) is 3.50. The molecule has 18 heavy (non-hydrogen) atoms. The Bertz CT molecular complexity index is 426. The van der Waals surface area contributed by atoms with Crippen LogP contribution in [0.1, 0.15) is 42.5 Å². The van der Waals surface area contributed by atoms with E-state index in [1.54, 1.807) is 0 Å². The minimum absolute atomic E-state index is 0.0350. The zero-order valence-corrected chi connectivity index (χ0v) is 10.1. The molecule has 1 saturated heterocycles. The van der Waals surface area contributed by atoms with Crippen molar-refractivity contribution in [1.29, 1.82) is 0 Å². The molecule has 1 aliphatic rings. The highest BCUT2D eigenvalue weighted by Gasteiger charge is 2.17. The maximum Gasteiger partial charge on any atom is 0.165 e. The van der Waals surface area contributed by atoms with Gasteiger partial charge < -0.3 is 4.74 Å². The van der Waals surface area contributed by atoms with Crippen molar-refractivity contribution in [3.63, 3.8) is 0 Å². The summed E-state index contributed by atoms with van der Waals surface area (Å²) in [5, 5.41) is 0. The Kier molecular flexibility index (Phi) is 4.42. The Morgan fingerprint density at radius 1 is 1.33 bits per heavy atom. The molecule has 0 N–H and O–H groups in total. The summed E-state index contributed by atoms with van der Waals surface area (Å²) in [6.45, 7) is 0.740. The Balaban J connectivity index is 1.90. The predicted molar refractivity (Wildman–Crippen MR) is 63.5 cm³/mol. The number of ether oxygens (including phenoxy) is 1. The van der Waals surface area contributed by atoms with E-state index in [0.717, 1.165) is 38.0 Å². The van der Waals surface area contributed by atoms with Crippen LogP contribution in [0.3, 0.4) is 0 Å². The zero-order chi connectivity index (χ0) is 13.0. The second-order valence-electron chi connectivity index (χ2n) is 4.57. The molecule has 0 radical (unpaired) electrons. The molecule has 0 aliphatic carbocycles. The van der Waals surface area contributed by atoms with Crippen LogP contribution in [0.2, 0.25) is 0 Å². The van der Waals surface area contributed by atoms with Crippen LogP contribution < -0.4 is 0 Å². The van der Waals surface area contributed by atoms with Gasteiger partial charge in [-0.3, -0.25) is 4.79 Å². The third-order valence-corrected chi connectivity index (χ3v) is 3.20. The Labute approximate surface area is 105 Å². The van der Waals surface area contributed by atoms with E-state index in [1.165, 1.54) is 6.07 Å². The van der Waals surface area contributed by atoms with E-state index in [1.807, 2.05) is 0 Å². The fraction of sp³-hybridized carbons (Fsp3) is 0.500. The smallest absolute Gasteiger partial charge is 0.165 e. The van der Waals surface area contributed by atoms with Crippen molar-refractivity contribution in [1.82, 2.24) is 0 Å². The number of benzene rings is 1. The number of hydrogen-bond acceptors (Lipinski definition) is 2. The monoisotopic (exact) mass is 254 g/mol. The molecule has 0 saturated carbocycles. The highest BCUT2D eigenvalue weighted by Crippen LogP contribution is 2.19. The highest BCUT2D eigenvalue weighted by atomic mass is 19.1. The Morgan fingerprint density at radius 2 is 2.17 bits per heavy atom. The minimum Gasteiger partial charge on any atom is -0.378 e. The number of ketones is 1. The summed E-state index contributed by atoms with van der Waals surface area (Å²) in [7, 11) is 0. The quantitative estimate of drug-likeness (QED) is 0.769. The molecule has 2 nitrogen and oxygen atoms in total. The molecule has 98 valence electrons. The van der Waals surface area contributed by atoms with Crippen LogP contribution in [0.4, 0.5) is 8.78 Å². The summed E-state index contributed by atoms with van der Waals surface area (Å²) in [6.07, 6.45) is 4.09. The molecule has 0 aromatic heterocycles. The maximum atomic E-state index is 13.4. The topological polar surface area (TPSA) is 26.3 Å². The third kappa shape index (κ3) is 3.35. The second kappa shape index (κ2) is 6.05. The van der Waals surface area contributed by atoms with Gasteiger partial charge in [-0.05, 0) is 37.8 Å². The van der Waals surface area contributed by atoms with E-state index < -0.39 is 11.6 Å². The zero-order valence-electron chi connectivity index (χ0n) is 10.1. The molecule has 0 bridgehead atoms. The van der Waals surface area contributed by atoms with Crippen LogP contribution >= 0.6 is 0 Å². The third-order valence-electron chi connectivity index (χ3n) is 3.20. The summed E-state index contributed by atoms with van der Waals surface area (Å²) >= 11 is 0. The van der Waals surface area contributed by atoms with Crippen molar-refractivity contribution in [2.24, 2.45) is 0 Å². The number of rotatable bonds is 4. The van der Waals surface area contributed by atoms with E-state index in [2.05, 4.69) is 0 Å². The number of Topliss-reactive ketones (excluding diaryl/α,β-unsaturated/α-hetero) is 1. The molecular formula is C14H16F2O2. The van der Waals surface area contributed by atoms with Gasteiger partial charge in [0.1, 0.15) is 11.6 Å². The van der Waals surface area contributed by atoms with Crippen molar-refractivity contribution in [3.05, 3.63) is 35.4 Å². The molecule has 1 atom stereocenters. The molecule has 0 spiro atoms. The van der Waals surface area contributed by atoms with Crippen molar-refractivity contribution in [2.45, 2.75) is 38.2 Å². The maximum absolute atomic E-state index is 13.4. The second-order valence-corrected chi connectivity index (χ2v) is 4.57. The van der Waals surface area contributed by atoms with E-state index in [0.29, 0.717) is 6.42 Å². The standard InChI is InChI=1S/C14H16F2O2/c15-10-4-6-12(13(16)9-10)14(17)7-5-11-3-1-2-8-18-11/h4,6,9,11H,1-3,5,7-8H2. The van der Waals surface area contributed by atoms with Crippen LogP contribution in [0, 0.1) is 11.6 Å². The normalized spacial score (nSPS) is 19.8. The van der Waals surface area contributed by atoms with Gasteiger partial charge in [-0.1, -0.05) is 0 Å². The van der Waals surface area contributed by atoms with Gasteiger partial charge in [0, 0.05) is 19.1 Å². The summed E-state index contributed by atoms with van der Waals surface area (Å²) in [5.41, 5.74) is -0.0350. The summed E-state index contributed by atoms with van der Waals surface area (Å²) < 4.78 is 31.6. The van der Waals surface area contributed by atoms with Gasteiger partial charge in [0.15, 0.2) is 5.78 Å². The lowest BCUT2D eigenvalue weighted by Crippen LogP contribution is -2.20. The van der Waals surface area contributed by atoms with Crippen LogP contribution in [0.25, 0.3) is 0 Å². The van der Waals surface area contributed by atoms with Gasteiger partial charge in [0.25, 0.3) is 0 Å². The van der Waals surface area contributed by atoms with Crippen molar-refractivity contribution in [3.8, 4) is 0 Å². The molecule has 1 unspecified atom stereocenters. The van der Waals surface area contributed by atoms with Crippen molar-refractivity contribution in [2.75, 3.05) is 6.61 Å². The fourth-order valence-corrected chi connectivity index (χ4v) is 2.18. The summed E-state index contributed by atoms with van der Waals surface area (Å²) in [5.74, 6) is -1.74. The first-order chi connectivity index (χ1) is 8.66. The SMILES string of the molecule is O=C(CCC1CCCCO1)c1ccc(F)cc1F. The van der Waals surface area contributed by atoms with Crippen molar-refractivity contribution < 1.29 is 18.3 Å². The first kappa shape index (κ1) is 13.1. The van der Waals surface area contributed by atoms with Gasteiger partial charge in [0.05, 0.1) is 11.7 Å². The molecule has 1 fully saturated rings. The molecule has 1 aromatic rings. The number of halogens is 2.